The maximum Gasteiger partial charge on any atom is 0.198 e. The summed E-state index contributed by atoms with van der Waals surface area (Å²) in [5, 5.41) is 9.25. The second kappa shape index (κ2) is 16.4. The van der Waals surface area contributed by atoms with Crippen LogP contribution in [0.3, 0.4) is 0 Å². The van der Waals surface area contributed by atoms with E-state index in [1.54, 1.807) is 11.8 Å². The molecule has 5 heteroatoms. The van der Waals surface area contributed by atoms with Crippen molar-refractivity contribution in [3.8, 4) is 6.07 Å². The summed E-state index contributed by atoms with van der Waals surface area (Å²) in [4.78, 5) is 10.4. The second-order valence-corrected chi connectivity index (χ2v) is 10.2. The molecule has 0 aromatic rings. The average molecular weight is 387 g/mol. The van der Waals surface area contributed by atoms with E-state index in [1.165, 1.54) is 76.0 Å². The summed E-state index contributed by atoms with van der Waals surface area (Å²) in [5.41, 5.74) is 0. The largest absolute Gasteiger partial charge is 0.291 e. The third-order valence-corrected chi connectivity index (χ3v) is 6.82. The van der Waals surface area contributed by atoms with Gasteiger partial charge in [0.2, 0.25) is 0 Å². The lowest BCUT2D eigenvalue weighted by Gasteiger charge is -2.19. The quantitative estimate of drug-likeness (QED) is 0.228. The van der Waals surface area contributed by atoms with E-state index < -0.39 is 4.75 Å². The highest BCUT2D eigenvalue weighted by atomic mass is 32.2. The Kier molecular flexibility index (Phi) is 16.4. The van der Waals surface area contributed by atoms with Gasteiger partial charge in [-0.2, -0.15) is 5.26 Å². The molecular weight excluding hydrogens is 354 g/mol. The van der Waals surface area contributed by atoms with Crippen LogP contribution in [0.25, 0.3) is 0 Å². The van der Waals surface area contributed by atoms with Gasteiger partial charge in [-0.3, -0.25) is 4.79 Å². The molecule has 0 fully saturated rings. The molecule has 0 N–H and O–H groups in total. The molecule has 0 saturated heterocycles. The summed E-state index contributed by atoms with van der Waals surface area (Å²) in [6.45, 7) is 4.11. The van der Waals surface area contributed by atoms with Crippen molar-refractivity contribution in [3.05, 3.63) is 0 Å². The molecule has 137 valence electrons. The molecule has 0 bridgehead atoms. The Balaban J connectivity index is 3.55. The van der Waals surface area contributed by atoms with E-state index in [2.05, 4.69) is 13.0 Å². The van der Waals surface area contributed by atoms with Crippen molar-refractivity contribution in [2.75, 3.05) is 5.75 Å². The number of thioether (sulfide) groups is 2. The van der Waals surface area contributed by atoms with Gasteiger partial charge in [-0.15, -0.1) is 11.8 Å². The van der Waals surface area contributed by atoms with Crippen molar-refractivity contribution < 1.29 is 4.79 Å². The summed E-state index contributed by atoms with van der Waals surface area (Å²) in [6, 6.07) is 2.27. The molecular formula is C19H32NOS3. The fourth-order valence-corrected chi connectivity index (χ4v) is 5.35. The van der Waals surface area contributed by atoms with E-state index >= 15 is 0 Å². The zero-order chi connectivity index (χ0) is 18.1. The maximum absolute atomic E-state index is 10.4. The minimum absolute atomic E-state index is 0.294. The number of nitrogens with zero attached hydrogens (tertiary/aromatic N) is 1. The maximum atomic E-state index is 10.4. The zero-order valence-corrected chi connectivity index (χ0v) is 17.7. The molecule has 0 rings (SSSR count). The van der Waals surface area contributed by atoms with Crippen molar-refractivity contribution in [2.45, 2.75) is 95.6 Å². The summed E-state index contributed by atoms with van der Waals surface area (Å²) < 4.78 is 0.222. The number of thiocarbonyl (C=S) groups is 1. The lowest BCUT2D eigenvalue weighted by molar-refractivity contribution is 0.545. The monoisotopic (exact) mass is 386 g/mol. The van der Waals surface area contributed by atoms with E-state index in [4.69, 9.17) is 12.2 Å². The molecule has 0 aliphatic carbocycles. The van der Waals surface area contributed by atoms with Crippen LogP contribution in [0.1, 0.15) is 90.9 Å². The van der Waals surface area contributed by atoms with Crippen molar-refractivity contribution in [3.63, 3.8) is 0 Å². The number of hydrogen-bond donors (Lipinski definition) is 0. The average Bonchev–Trinajstić information content (AvgIpc) is 2.58. The molecule has 24 heavy (non-hydrogen) atoms. The first-order valence-electron chi connectivity index (χ1n) is 9.20. The summed E-state index contributed by atoms with van der Waals surface area (Å²) >= 11 is 8.46. The Hall–Kier alpha value is -0.0500. The van der Waals surface area contributed by atoms with E-state index in [0.717, 1.165) is 9.28 Å². The fraction of sp³-hybridized carbons (Fsp3) is 0.842. The lowest BCUT2D eigenvalue weighted by atomic mass is 10.1. The highest BCUT2D eigenvalue weighted by Crippen LogP contribution is 2.34. The van der Waals surface area contributed by atoms with Crippen molar-refractivity contribution in [1.29, 1.82) is 5.26 Å². The number of hydrogen-bond acceptors (Lipinski definition) is 5. The Bertz CT molecular complexity index is 381. The lowest BCUT2D eigenvalue weighted by Crippen LogP contribution is -2.18. The van der Waals surface area contributed by atoms with Gasteiger partial charge in [0.15, 0.2) is 6.29 Å². The van der Waals surface area contributed by atoms with E-state index in [-0.39, 0.29) is 0 Å². The van der Waals surface area contributed by atoms with E-state index in [9.17, 15) is 10.1 Å². The van der Waals surface area contributed by atoms with Crippen LogP contribution in [0.5, 0.6) is 0 Å². The topological polar surface area (TPSA) is 40.9 Å². The summed E-state index contributed by atoms with van der Waals surface area (Å²) in [7, 11) is 0. The van der Waals surface area contributed by atoms with Gasteiger partial charge in [-0.1, -0.05) is 88.7 Å². The van der Waals surface area contributed by atoms with Crippen molar-refractivity contribution >= 4 is 45.6 Å². The molecule has 0 aromatic heterocycles. The molecule has 0 saturated carbocycles. The Labute approximate surface area is 162 Å². The van der Waals surface area contributed by atoms with Gasteiger partial charge in [-0.05, 0) is 25.5 Å². The minimum atomic E-state index is -0.598. The molecule has 0 aromatic carbocycles. The van der Waals surface area contributed by atoms with Crippen LogP contribution in [-0.4, -0.2) is 20.3 Å². The SMILES string of the molecule is CCCCCCCCCCCCSC(=S)SC(C)(C#N)CC[C]=O. The third-order valence-electron chi connectivity index (χ3n) is 3.97. The fourth-order valence-electron chi connectivity index (χ4n) is 2.38. The molecule has 0 aliphatic heterocycles. The number of nitriles is 1. The normalized spacial score (nSPS) is 13.2. The van der Waals surface area contributed by atoms with Crippen LogP contribution in [0.2, 0.25) is 0 Å². The van der Waals surface area contributed by atoms with Gasteiger partial charge < -0.3 is 0 Å². The van der Waals surface area contributed by atoms with Crippen LogP contribution < -0.4 is 0 Å². The number of rotatable bonds is 15. The second-order valence-electron chi connectivity index (χ2n) is 6.37. The van der Waals surface area contributed by atoms with Gasteiger partial charge in [0, 0.05) is 6.42 Å². The van der Waals surface area contributed by atoms with Gasteiger partial charge in [0.1, 0.15) is 8.28 Å². The standard InChI is InChI=1S/C19H32NOS3/c1-3-4-5-6-7-8-9-10-11-12-16-23-18(22)24-19(2,17-20)14-13-15-21/h3-14,16H2,1-2H3. The molecule has 0 aliphatic rings. The first-order valence-corrected chi connectivity index (χ1v) is 11.4. The summed E-state index contributed by atoms with van der Waals surface area (Å²) in [6.07, 6.45) is 16.0. The first kappa shape index (κ1) is 23.9. The Morgan fingerprint density at radius 2 is 1.58 bits per heavy atom. The van der Waals surface area contributed by atoms with Gasteiger partial charge in [-0.25, -0.2) is 0 Å². The highest BCUT2D eigenvalue weighted by molar-refractivity contribution is 8.47. The predicted molar refractivity (Wildman–Crippen MR) is 113 cm³/mol. The molecule has 0 amide bonds. The van der Waals surface area contributed by atoms with Crippen LogP contribution in [0, 0.1) is 11.3 Å². The van der Waals surface area contributed by atoms with Crippen LogP contribution in [-0.2, 0) is 4.79 Å². The van der Waals surface area contributed by atoms with Crippen molar-refractivity contribution in [1.82, 2.24) is 0 Å². The van der Waals surface area contributed by atoms with Gasteiger partial charge >= 0.3 is 0 Å². The van der Waals surface area contributed by atoms with E-state index in [1.807, 2.05) is 13.2 Å². The summed E-state index contributed by atoms with van der Waals surface area (Å²) in [5.74, 6) is 1.03. The van der Waals surface area contributed by atoms with Gasteiger partial charge in [0.05, 0.1) is 6.07 Å². The Morgan fingerprint density at radius 3 is 2.08 bits per heavy atom. The third kappa shape index (κ3) is 14.3. The Morgan fingerprint density at radius 1 is 1.04 bits per heavy atom. The smallest absolute Gasteiger partial charge is 0.198 e. The first-order chi connectivity index (χ1) is 11.6. The molecule has 1 unspecified atom stereocenters. The van der Waals surface area contributed by atoms with Gasteiger partial charge in [0.25, 0.3) is 0 Å². The molecule has 1 atom stereocenters. The highest BCUT2D eigenvalue weighted by Gasteiger charge is 2.26. The predicted octanol–water partition coefficient (Wildman–Crippen LogP) is 6.83. The number of unbranched alkanes of at least 4 members (excludes halogenated alkanes) is 9. The van der Waals surface area contributed by atoms with Crippen LogP contribution >= 0.6 is 35.7 Å². The molecule has 2 nitrogen and oxygen atoms in total. The minimum Gasteiger partial charge on any atom is -0.291 e. The van der Waals surface area contributed by atoms with Crippen LogP contribution in [0.15, 0.2) is 0 Å². The van der Waals surface area contributed by atoms with Crippen LogP contribution in [0.4, 0.5) is 0 Å². The zero-order valence-electron chi connectivity index (χ0n) is 15.3. The van der Waals surface area contributed by atoms with E-state index in [0.29, 0.717) is 12.8 Å². The number of carbonyl (C=O) groups excluding carboxylic acids is 1. The molecule has 1 radical (unpaired) electrons. The van der Waals surface area contributed by atoms with Crippen molar-refractivity contribution in [2.24, 2.45) is 0 Å². The molecule has 0 spiro atoms. The molecule has 0 heterocycles.